The zero-order valence-electron chi connectivity index (χ0n) is 17.9. The normalized spacial score (nSPS) is 19.9. The summed E-state index contributed by atoms with van der Waals surface area (Å²) in [4.78, 5) is 37.4. The van der Waals surface area contributed by atoms with Gasteiger partial charge in [0.1, 0.15) is 11.5 Å². The predicted molar refractivity (Wildman–Crippen MR) is 126 cm³/mol. The number of nitrogens with two attached hydrogens (primary N) is 1. The van der Waals surface area contributed by atoms with Crippen LogP contribution in [0.15, 0.2) is 42.5 Å². The average molecular weight is 494 g/mol. The topological polar surface area (TPSA) is 144 Å². The Morgan fingerprint density at radius 3 is 2.58 bits per heavy atom. The van der Waals surface area contributed by atoms with Crippen LogP contribution in [0.25, 0.3) is 0 Å². The van der Waals surface area contributed by atoms with Crippen LogP contribution in [0.2, 0.25) is 5.02 Å². The highest BCUT2D eigenvalue weighted by atomic mass is 35.5. The lowest BCUT2D eigenvalue weighted by Gasteiger charge is -2.35. The van der Waals surface area contributed by atoms with E-state index in [1.54, 1.807) is 36.4 Å². The minimum Gasteiger partial charge on any atom is -0.493 e. The third-order valence-corrected chi connectivity index (χ3v) is 5.93. The molecular formula is C21H24ClN5O5S. The monoisotopic (exact) mass is 493 g/mol. The zero-order valence-corrected chi connectivity index (χ0v) is 19.5. The Morgan fingerprint density at radius 1 is 1.15 bits per heavy atom. The van der Waals surface area contributed by atoms with Gasteiger partial charge in [-0.25, -0.2) is 0 Å². The highest BCUT2D eigenvalue weighted by Crippen LogP contribution is 2.27. The molecule has 1 aliphatic rings. The maximum absolute atomic E-state index is 12.6. The molecule has 0 bridgehead atoms. The number of hydrogen-bond acceptors (Lipinski definition) is 8. The number of carbonyl (C=O) groups excluding carboxylic acids is 3. The van der Waals surface area contributed by atoms with Crippen LogP contribution < -0.4 is 36.5 Å². The van der Waals surface area contributed by atoms with Crippen molar-refractivity contribution in [3.8, 4) is 11.5 Å². The summed E-state index contributed by atoms with van der Waals surface area (Å²) < 4.78 is 10.4. The molecule has 1 saturated heterocycles. The Morgan fingerprint density at radius 2 is 1.91 bits per heavy atom. The summed E-state index contributed by atoms with van der Waals surface area (Å²) in [5.74, 6) is -0.325. The highest BCUT2D eigenvalue weighted by molar-refractivity contribution is 8.00. The van der Waals surface area contributed by atoms with Crippen molar-refractivity contribution in [1.29, 1.82) is 0 Å². The van der Waals surface area contributed by atoms with E-state index >= 15 is 0 Å². The molecule has 3 unspecified atom stereocenters. The summed E-state index contributed by atoms with van der Waals surface area (Å²) in [6.07, 6.45) is -0.865. The molecular weight excluding hydrogens is 470 g/mol. The first-order chi connectivity index (χ1) is 15.8. The molecule has 33 heavy (non-hydrogen) atoms. The highest BCUT2D eigenvalue weighted by Gasteiger charge is 2.35. The van der Waals surface area contributed by atoms with Gasteiger partial charge in [0.15, 0.2) is 11.5 Å². The van der Waals surface area contributed by atoms with Crippen LogP contribution in [-0.2, 0) is 9.59 Å². The van der Waals surface area contributed by atoms with Crippen LogP contribution in [0, 0.1) is 0 Å². The van der Waals surface area contributed by atoms with Gasteiger partial charge in [-0.15, -0.1) is 11.8 Å². The Labute approximate surface area is 199 Å². The molecule has 0 saturated carbocycles. The number of anilines is 1. The van der Waals surface area contributed by atoms with Gasteiger partial charge in [0.05, 0.1) is 26.1 Å². The number of nitrogens with one attached hydrogen (secondary N) is 4. The van der Waals surface area contributed by atoms with Crippen LogP contribution in [0.4, 0.5) is 5.69 Å². The second kappa shape index (κ2) is 11.2. The molecule has 6 N–H and O–H groups in total. The Kier molecular flexibility index (Phi) is 8.39. The molecule has 2 aromatic carbocycles. The standard InChI is InChI=1S/C21H24ClN5O5S/c1-31-14-7-6-11(8-15(14)32-2)19(29)25-17-18(23)26-21(27-20(17)30)33-10-16(28)24-13-5-3-4-12(22)9-13/h3-9,17-18,21,26H,10,23H2,1-2H3,(H,24,28)(H,25,29)(H,27,30). The summed E-state index contributed by atoms with van der Waals surface area (Å²) >= 11 is 7.06. The van der Waals surface area contributed by atoms with Crippen molar-refractivity contribution in [2.75, 3.05) is 25.3 Å². The number of amides is 3. The van der Waals surface area contributed by atoms with E-state index in [4.69, 9.17) is 26.8 Å². The van der Waals surface area contributed by atoms with Crippen LogP contribution in [0.5, 0.6) is 11.5 Å². The van der Waals surface area contributed by atoms with Crippen LogP contribution in [-0.4, -0.2) is 55.4 Å². The maximum Gasteiger partial charge on any atom is 0.252 e. The van der Waals surface area contributed by atoms with Crippen molar-refractivity contribution in [1.82, 2.24) is 16.0 Å². The van der Waals surface area contributed by atoms with E-state index in [0.717, 1.165) is 11.8 Å². The minimum atomic E-state index is -1.01. The van der Waals surface area contributed by atoms with Gasteiger partial charge in [0.25, 0.3) is 5.91 Å². The van der Waals surface area contributed by atoms with Gasteiger partial charge in [0.2, 0.25) is 11.8 Å². The maximum atomic E-state index is 12.6. The summed E-state index contributed by atoms with van der Waals surface area (Å²) in [5, 5.41) is 11.5. The molecule has 3 amide bonds. The van der Waals surface area contributed by atoms with E-state index in [1.807, 2.05) is 0 Å². The molecule has 0 aromatic heterocycles. The summed E-state index contributed by atoms with van der Waals surface area (Å²) in [5.41, 5.74) is 6.32. The first kappa shape index (κ1) is 24.6. The number of carbonyl (C=O) groups is 3. The fourth-order valence-electron chi connectivity index (χ4n) is 3.06. The molecule has 1 fully saturated rings. The smallest absolute Gasteiger partial charge is 0.252 e. The number of hydrogen-bond donors (Lipinski definition) is 5. The third kappa shape index (κ3) is 6.51. The van der Waals surface area contributed by atoms with Crippen LogP contribution in [0.1, 0.15) is 10.4 Å². The molecule has 2 aromatic rings. The Bertz CT molecular complexity index is 1040. The molecule has 0 spiro atoms. The van der Waals surface area contributed by atoms with E-state index in [-0.39, 0.29) is 17.2 Å². The lowest BCUT2D eigenvalue weighted by Crippen LogP contribution is -2.70. The number of ether oxygens (including phenoxy) is 2. The molecule has 3 atom stereocenters. The third-order valence-electron chi connectivity index (χ3n) is 4.68. The molecule has 1 aliphatic heterocycles. The van der Waals surface area contributed by atoms with Gasteiger partial charge < -0.3 is 31.2 Å². The van der Waals surface area contributed by atoms with E-state index in [2.05, 4.69) is 21.3 Å². The Balaban J connectivity index is 1.52. The molecule has 0 aliphatic carbocycles. The summed E-state index contributed by atoms with van der Waals surface area (Å²) in [7, 11) is 2.95. The van der Waals surface area contributed by atoms with Gasteiger partial charge in [-0.1, -0.05) is 17.7 Å². The van der Waals surface area contributed by atoms with Gasteiger partial charge in [-0.2, -0.15) is 0 Å². The quantitative estimate of drug-likeness (QED) is 0.368. The lowest BCUT2D eigenvalue weighted by molar-refractivity contribution is -0.125. The van der Waals surface area contributed by atoms with Crippen LogP contribution >= 0.6 is 23.4 Å². The van der Waals surface area contributed by atoms with Gasteiger partial charge in [-0.05, 0) is 36.4 Å². The Hall–Kier alpha value is -2.99. The van der Waals surface area contributed by atoms with Crippen molar-refractivity contribution >= 4 is 46.8 Å². The number of benzene rings is 2. The molecule has 176 valence electrons. The molecule has 1 heterocycles. The first-order valence-electron chi connectivity index (χ1n) is 9.82. The second-order valence-corrected chi connectivity index (χ2v) is 8.50. The SMILES string of the molecule is COc1ccc(C(=O)NC2C(=O)NC(SCC(=O)Nc3cccc(Cl)c3)NC2N)cc1OC. The number of rotatable bonds is 8. The van der Waals surface area contributed by atoms with Gasteiger partial charge in [0, 0.05) is 16.3 Å². The van der Waals surface area contributed by atoms with Gasteiger partial charge in [-0.3, -0.25) is 19.7 Å². The lowest BCUT2D eigenvalue weighted by atomic mass is 10.1. The average Bonchev–Trinajstić information content (AvgIpc) is 2.79. The summed E-state index contributed by atoms with van der Waals surface area (Å²) in [6.45, 7) is 0. The molecule has 0 radical (unpaired) electrons. The van der Waals surface area contributed by atoms with E-state index in [1.165, 1.54) is 20.3 Å². The fourth-order valence-corrected chi connectivity index (χ4v) is 4.10. The predicted octanol–water partition coefficient (Wildman–Crippen LogP) is 1.12. The fraction of sp³-hybridized carbons (Fsp3) is 0.286. The van der Waals surface area contributed by atoms with Crippen molar-refractivity contribution in [3.05, 3.63) is 53.1 Å². The van der Waals surface area contributed by atoms with E-state index in [9.17, 15) is 14.4 Å². The molecule has 12 heteroatoms. The van der Waals surface area contributed by atoms with Crippen molar-refractivity contribution < 1.29 is 23.9 Å². The second-order valence-electron chi connectivity index (χ2n) is 6.97. The zero-order chi connectivity index (χ0) is 24.0. The van der Waals surface area contributed by atoms with Crippen molar-refractivity contribution in [3.63, 3.8) is 0 Å². The van der Waals surface area contributed by atoms with Crippen molar-refractivity contribution in [2.24, 2.45) is 5.73 Å². The summed E-state index contributed by atoms with van der Waals surface area (Å²) in [6, 6.07) is 10.4. The molecule has 3 rings (SSSR count). The molecule has 10 nitrogen and oxygen atoms in total. The van der Waals surface area contributed by atoms with Crippen molar-refractivity contribution in [2.45, 2.75) is 17.7 Å². The number of methoxy groups -OCH3 is 2. The number of halogens is 1. The first-order valence-corrected chi connectivity index (χ1v) is 11.3. The minimum absolute atomic E-state index is 0.0554. The number of thioether (sulfide) groups is 1. The van der Waals surface area contributed by atoms with Crippen LogP contribution in [0.3, 0.4) is 0 Å². The van der Waals surface area contributed by atoms with E-state index in [0.29, 0.717) is 22.2 Å². The largest absolute Gasteiger partial charge is 0.493 e. The van der Waals surface area contributed by atoms with Gasteiger partial charge >= 0.3 is 0 Å². The van der Waals surface area contributed by atoms with E-state index < -0.39 is 29.5 Å².